The van der Waals surface area contributed by atoms with Gasteiger partial charge in [-0.3, -0.25) is 18.9 Å². The average molecular weight is 583 g/mol. The van der Waals surface area contributed by atoms with E-state index in [0.717, 1.165) is 32.2 Å². The molecule has 7 rings (SSSR count). The highest BCUT2D eigenvalue weighted by Gasteiger charge is 2.42. The van der Waals surface area contributed by atoms with Crippen LogP contribution in [0.1, 0.15) is 16.8 Å². The molecule has 5 aromatic rings. The molecule has 2 aliphatic rings. The maximum Gasteiger partial charge on any atom is 0.271 e. The summed E-state index contributed by atoms with van der Waals surface area (Å²) in [5.74, 6) is 0.841. The van der Waals surface area contributed by atoms with E-state index < -0.39 is 6.04 Å². The number of nitrogens with one attached hydrogen (secondary N) is 1. The summed E-state index contributed by atoms with van der Waals surface area (Å²) in [5.41, 5.74) is 4.74. The van der Waals surface area contributed by atoms with Gasteiger partial charge in [-0.15, -0.1) is 0 Å². The second-order valence-corrected chi connectivity index (χ2v) is 10.9. The zero-order valence-corrected chi connectivity index (χ0v) is 22.2. The normalized spacial score (nSPS) is 16.5. The van der Waals surface area contributed by atoms with Crippen molar-refractivity contribution in [2.24, 2.45) is 9.98 Å². The number of hydrogen-bond donors (Lipinski definition) is 1. The van der Waals surface area contributed by atoms with Crippen LogP contribution in [0.5, 0.6) is 0 Å². The van der Waals surface area contributed by atoms with Gasteiger partial charge in [0.1, 0.15) is 17.5 Å². The van der Waals surface area contributed by atoms with E-state index in [0.29, 0.717) is 34.5 Å². The van der Waals surface area contributed by atoms with E-state index in [2.05, 4.69) is 37.0 Å². The van der Waals surface area contributed by atoms with Crippen molar-refractivity contribution in [3.8, 4) is 0 Å². The van der Waals surface area contributed by atoms with Gasteiger partial charge < -0.3 is 4.98 Å². The summed E-state index contributed by atoms with van der Waals surface area (Å²) in [7, 11) is 0. The van der Waals surface area contributed by atoms with Crippen molar-refractivity contribution in [1.29, 1.82) is 0 Å². The molecule has 1 amide bonds. The lowest BCUT2D eigenvalue weighted by molar-refractivity contribution is -0.119. The van der Waals surface area contributed by atoms with Crippen LogP contribution in [0, 0.1) is 0 Å². The summed E-state index contributed by atoms with van der Waals surface area (Å²) in [4.78, 5) is 45.3. The predicted octanol–water partition coefficient (Wildman–Crippen LogP) is 5.07. The number of hydrogen-bond acceptors (Lipinski definition) is 6. The smallest absolute Gasteiger partial charge is 0.271 e. The first-order valence-electron chi connectivity index (χ1n) is 12.0. The molecule has 0 aliphatic carbocycles. The number of amidine groups is 2. The molecule has 0 spiro atoms. The average Bonchev–Trinajstić information content (AvgIpc) is 3.49. The molecular weight excluding hydrogens is 564 g/mol. The number of aliphatic imine (C=N–C) groups is 2. The lowest BCUT2D eigenvalue weighted by atomic mass is 10.0. The first kappa shape index (κ1) is 23.1. The molecule has 2 aliphatic heterocycles. The van der Waals surface area contributed by atoms with E-state index in [9.17, 15) is 9.59 Å². The summed E-state index contributed by atoms with van der Waals surface area (Å²) < 4.78 is 2.31. The molecule has 5 heterocycles. The second kappa shape index (κ2) is 9.07. The van der Waals surface area contributed by atoms with E-state index in [-0.39, 0.29) is 11.5 Å². The van der Waals surface area contributed by atoms with Crippen LogP contribution < -0.4 is 5.56 Å². The molecule has 2 aromatic carbocycles. The first-order valence-corrected chi connectivity index (χ1v) is 13.8. The molecule has 10 heteroatoms. The summed E-state index contributed by atoms with van der Waals surface area (Å²) in [6.07, 6.45) is 4.16. The van der Waals surface area contributed by atoms with Crippen molar-refractivity contribution in [2.45, 2.75) is 18.2 Å². The summed E-state index contributed by atoms with van der Waals surface area (Å²) in [6.45, 7) is 0. The maximum atomic E-state index is 13.3. The standard InChI is InChI=1S/C28H19BrN6O2S/c29-17-9-10-24-31-18(12-25(36)34(24)14-17)15-38-28-32-22-8-4-2-6-20(22)26-33-27(37)23(35(26)28)11-16-13-30-21-7-3-1-5-19(16)21/h1-10,12-14,23,30H,11,15H2. The minimum Gasteiger partial charge on any atom is -0.361 e. The molecule has 38 heavy (non-hydrogen) atoms. The zero-order valence-electron chi connectivity index (χ0n) is 19.8. The van der Waals surface area contributed by atoms with Gasteiger partial charge in [-0.05, 0) is 51.8 Å². The van der Waals surface area contributed by atoms with E-state index in [1.54, 1.807) is 12.3 Å². The number of carbonyl (C=O) groups excluding carboxylic acids is 1. The Bertz CT molecular complexity index is 1890. The van der Waals surface area contributed by atoms with Gasteiger partial charge in [0.25, 0.3) is 11.5 Å². The molecule has 0 fully saturated rings. The molecule has 0 bridgehead atoms. The van der Waals surface area contributed by atoms with Crippen LogP contribution >= 0.6 is 27.7 Å². The monoisotopic (exact) mass is 582 g/mol. The third-order valence-electron chi connectivity index (χ3n) is 6.72. The Balaban J connectivity index is 1.24. The highest BCUT2D eigenvalue weighted by molar-refractivity contribution is 9.10. The fourth-order valence-electron chi connectivity index (χ4n) is 4.95. The van der Waals surface area contributed by atoms with E-state index in [1.165, 1.54) is 22.2 Å². The predicted molar refractivity (Wildman–Crippen MR) is 153 cm³/mol. The lowest BCUT2D eigenvalue weighted by Crippen LogP contribution is -2.44. The van der Waals surface area contributed by atoms with Gasteiger partial charge in [-0.25, -0.2) is 9.98 Å². The fraction of sp³-hybridized carbons (Fsp3) is 0.107. The number of carbonyl (C=O) groups is 1. The lowest BCUT2D eigenvalue weighted by Gasteiger charge is -2.31. The number of rotatable bonds is 4. The van der Waals surface area contributed by atoms with Crippen LogP contribution in [0.3, 0.4) is 0 Å². The molecule has 0 radical (unpaired) electrons. The number of H-pyrrole nitrogens is 1. The number of nitrogens with zero attached hydrogens (tertiary/aromatic N) is 5. The van der Waals surface area contributed by atoms with Crippen molar-refractivity contribution in [1.82, 2.24) is 19.3 Å². The van der Waals surface area contributed by atoms with Crippen LogP contribution in [-0.4, -0.2) is 42.2 Å². The number of aromatic amines is 1. The number of aromatic nitrogens is 3. The van der Waals surface area contributed by atoms with Crippen LogP contribution in [0.15, 0.2) is 98.4 Å². The second-order valence-electron chi connectivity index (χ2n) is 9.08. The minimum absolute atomic E-state index is 0.154. The van der Waals surface area contributed by atoms with Crippen molar-refractivity contribution in [2.75, 3.05) is 0 Å². The van der Waals surface area contributed by atoms with Crippen LogP contribution in [0.4, 0.5) is 5.69 Å². The van der Waals surface area contributed by atoms with Gasteiger partial charge in [0.2, 0.25) is 0 Å². The summed E-state index contributed by atoms with van der Waals surface area (Å²) >= 11 is 4.85. The van der Waals surface area contributed by atoms with Gasteiger partial charge in [-0.2, -0.15) is 4.99 Å². The van der Waals surface area contributed by atoms with Crippen LogP contribution in [-0.2, 0) is 17.0 Å². The number of amides is 1. The van der Waals surface area contributed by atoms with Gasteiger partial charge in [0, 0.05) is 51.6 Å². The van der Waals surface area contributed by atoms with Crippen molar-refractivity contribution in [3.63, 3.8) is 0 Å². The zero-order chi connectivity index (χ0) is 25.8. The van der Waals surface area contributed by atoms with E-state index in [4.69, 9.17) is 4.99 Å². The summed E-state index contributed by atoms with van der Waals surface area (Å²) in [5, 5.41) is 1.75. The number of pyridine rings is 1. The van der Waals surface area contributed by atoms with Crippen molar-refractivity contribution < 1.29 is 4.79 Å². The molecule has 186 valence electrons. The largest absolute Gasteiger partial charge is 0.361 e. The Morgan fingerprint density at radius 3 is 2.76 bits per heavy atom. The number of fused-ring (bicyclic) bond motifs is 5. The Hall–Kier alpha value is -4.02. The molecular formula is C28H19BrN6O2S. The highest BCUT2D eigenvalue weighted by Crippen LogP contribution is 2.36. The number of para-hydroxylation sites is 2. The van der Waals surface area contributed by atoms with E-state index >= 15 is 0 Å². The van der Waals surface area contributed by atoms with Crippen LogP contribution in [0.2, 0.25) is 0 Å². The molecule has 1 N–H and O–H groups in total. The van der Waals surface area contributed by atoms with Gasteiger partial charge in [-0.1, -0.05) is 42.1 Å². The Kier molecular flexibility index (Phi) is 5.52. The van der Waals surface area contributed by atoms with Crippen molar-refractivity contribution in [3.05, 3.63) is 111 Å². The topological polar surface area (TPSA) is 95.2 Å². The molecule has 1 unspecified atom stereocenters. The van der Waals surface area contributed by atoms with Gasteiger partial charge in [0.15, 0.2) is 5.17 Å². The maximum absolute atomic E-state index is 13.3. The molecule has 0 saturated carbocycles. The van der Waals surface area contributed by atoms with Gasteiger partial charge in [0.05, 0.1) is 11.4 Å². The minimum atomic E-state index is -0.517. The Labute approximate surface area is 229 Å². The summed E-state index contributed by atoms with van der Waals surface area (Å²) in [6, 6.07) is 20.4. The first-order chi connectivity index (χ1) is 18.5. The molecule has 3 aromatic heterocycles. The number of thioether (sulfide) groups is 1. The van der Waals surface area contributed by atoms with Crippen molar-refractivity contribution >= 4 is 66.8 Å². The Morgan fingerprint density at radius 2 is 1.84 bits per heavy atom. The quantitative estimate of drug-likeness (QED) is 0.319. The highest BCUT2D eigenvalue weighted by atomic mass is 79.9. The third-order valence-corrected chi connectivity index (χ3v) is 8.18. The Morgan fingerprint density at radius 1 is 1.00 bits per heavy atom. The third kappa shape index (κ3) is 3.88. The van der Waals surface area contributed by atoms with Gasteiger partial charge >= 0.3 is 0 Å². The number of halogens is 1. The number of benzene rings is 2. The molecule has 0 saturated heterocycles. The van der Waals surface area contributed by atoms with Crippen LogP contribution in [0.25, 0.3) is 16.6 Å². The molecule has 8 nitrogen and oxygen atoms in total. The fourth-order valence-corrected chi connectivity index (χ4v) is 6.23. The van der Waals surface area contributed by atoms with E-state index in [1.807, 2.05) is 59.6 Å². The SMILES string of the molecule is O=C1N=C2c3ccccc3N=C(SCc3cc(=O)n4cc(Br)ccc4n3)N2C1Cc1c[nH]c2ccccc12. The molecule has 1 atom stereocenters.